The first-order valence-electron chi connectivity index (χ1n) is 8.35. The second-order valence-corrected chi connectivity index (χ2v) is 6.09. The molecule has 1 fully saturated rings. The van der Waals surface area contributed by atoms with E-state index in [4.69, 9.17) is 14.2 Å². The van der Waals surface area contributed by atoms with Crippen LogP contribution in [0.15, 0.2) is 35.5 Å². The molecule has 0 bridgehead atoms. The summed E-state index contributed by atoms with van der Waals surface area (Å²) in [6.07, 6.45) is 0. The van der Waals surface area contributed by atoms with Crippen LogP contribution < -0.4 is 9.80 Å². The Morgan fingerprint density at radius 1 is 0.963 bits per heavy atom. The number of hydrogen-bond donors (Lipinski definition) is 0. The first-order chi connectivity index (χ1) is 13.0. The van der Waals surface area contributed by atoms with Crippen molar-refractivity contribution in [3.8, 4) is 0 Å². The minimum absolute atomic E-state index is 0.0414. The molecule has 0 aromatic heterocycles. The zero-order valence-corrected chi connectivity index (χ0v) is 15.4. The van der Waals surface area contributed by atoms with Crippen LogP contribution in [0, 0.1) is 0 Å². The largest absolute Gasteiger partial charge is 0.466 e. The third-order valence-corrected chi connectivity index (χ3v) is 4.52. The molecule has 0 spiro atoms. The van der Waals surface area contributed by atoms with E-state index in [1.165, 1.54) is 14.2 Å². The van der Waals surface area contributed by atoms with Gasteiger partial charge in [-0.05, 0) is 24.3 Å². The Morgan fingerprint density at radius 2 is 1.56 bits per heavy atom. The van der Waals surface area contributed by atoms with Gasteiger partial charge in [0, 0.05) is 31.5 Å². The number of anilines is 2. The topological polar surface area (TPSA) is 88.6 Å². The molecular weight excluding hydrogens is 354 g/mol. The number of nitrogens with zero attached hydrogens (tertiary/aromatic N) is 3. The van der Waals surface area contributed by atoms with Crippen molar-refractivity contribution in [2.24, 2.45) is 0 Å². The number of amides is 2. The van der Waals surface area contributed by atoms with Gasteiger partial charge in [0.25, 0.3) is 0 Å². The van der Waals surface area contributed by atoms with Gasteiger partial charge in [-0.15, -0.1) is 0 Å². The summed E-state index contributed by atoms with van der Waals surface area (Å²) in [6, 6.07) is 7.02. The molecule has 1 aromatic rings. The van der Waals surface area contributed by atoms with Crippen LogP contribution in [0.2, 0.25) is 0 Å². The summed E-state index contributed by atoms with van der Waals surface area (Å²) in [5.41, 5.74) is 1.56. The van der Waals surface area contributed by atoms with Gasteiger partial charge in [0.2, 0.25) is 0 Å². The molecule has 144 valence electrons. The van der Waals surface area contributed by atoms with Gasteiger partial charge in [-0.2, -0.15) is 0 Å². The minimum atomic E-state index is -0.654. The predicted octanol–water partition coefficient (Wildman–Crippen LogP) is 0.953. The maximum absolute atomic E-state index is 12.3. The van der Waals surface area contributed by atoms with E-state index in [2.05, 4.69) is 0 Å². The van der Waals surface area contributed by atoms with Crippen molar-refractivity contribution in [3.63, 3.8) is 0 Å². The maximum Gasteiger partial charge on any atom is 0.355 e. The minimum Gasteiger partial charge on any atom is -0.466 e. The Balaban J connectivity index is 1.93. The number of likely N-dealkylation sites (N-methyl/N-ethyl adjacent to an activating group) is 1. The summed E-state index contributed by atoms with van der Waals surface area (Å²) < 4.78 is 15.0. The average Bonchev–Trinajstić information content (AvgIpc) is 3.05. The fraction of sp³-hybridized carbons (Fsp3) is 0.389. The van der Waals surface area contributed by atoms with Gasteiger partial charge in [0.05, 0.1) is 26.4 Å². The van der Waals surface area contributed by atoms with E-state index in [-0.39, 0.29) is 30.6 Å². The Kier molecular flexibility index (Phi) is 5.31. The third kappa shape index (κ3) is 3.45. The van der Waals surface area contributed by atoms with Crippen LogP contribution in [0.3, 0.4) is 0 Å². The van der Waals surface area contributed by atoms with Crippen molar-refractivity contribution in [2.75, 3.05) is 57.5 Å². The lowest BCUT2D eigenvalue weighted by Gasteiger charge is -2.31. The number of esters is 2. The van der Waals surface area contributed by atoms with Gasteiger partial charge in [-0.3, -0.25) is 4.90 Å². The van der Waals surface area contributed by atoms with Gasteiger partial charge in [0.1, 0.15) is 12.4 Å². The number of benzene rings is 1. The number of carbonyl (C=O) groups is 3. The molecule has 0 radical (unpaired) electrons. The smallest absolute Gasteiger partial charge is 0.355 e. The molecule has 2 amide bonds. The van der Waals surface area contributed by atoms with E-state index < -0.39 is 11.9 Å². The van der Waals surface area contributed by atoms with E-state index >= 15 is 0 Å². The van der Waals surface area contributed by atoms with Crippen LogP contribution in [-0.2, 0) is 23.8 Å². The fourth-order valence-corrected chi connectivity index (χ4v) is 3.05. The molecule has 2 heterocycles. The number of ether oxygens (including phenoxy) is 3. The van der Waals surface area contributed by atoms with Crippen LogP contribution in [0.1, 0.15) is 0 Å². The van der Waals surface area contributed by atoms with E-state index in [1.54, 1.807) is 46.0 Å². The maximum atomic E-state index is 12.3. The van der Waals surface area contributed by atoms with Crippen LogP contribution in [0.25, 0.3) is 0 Å². The second kappa shape index (κ2) is 7.67. The van der Waals surface area contributed by atoms with E-state index in [0.717, 1.165) is 5.69 Å². The van der Waals surface area contributed by atoms with Crippen LogP contribution >= 0.6 is 0 Å². The average molecular weight is 375 g/mol. The summed E-state index contributed by atoms with van der Waals surface area (Å²) >= 11 is 0. The molecule has 2 aliphatic heterocycles. The molecule has 3 rings (SSSR count). The van der Waals surface area contributed by atoms with Crippen molar-refractivity contribution >= 4 is 29.3 Å². The Hall–Kier alpha value is -3.07. The number of hydrogen-bond acceptors (Lipinski definition) is 7. The van der Waals surface area contributed by atoms with Gasteiger partial charge in [-0.25, -0.2) is 14.4 Å². The van der Waals surface area contributed by atoms with Gasteiger partial charge in [-0.1, -0.05) is 0 Å². The van der Waals surface area contributed by atoms with Crippen molar-refractivity contribution in [3.05, 3.63) is 35.5 Å². The lowest BCUT2D eigenvalue weighted by atomic mass is 10.1. The lowest BCUT2D eigenvalue weighted by molar-refractivity contribution is -0.140. The number of methoxy groups -OCH3 is 2. The molecule has 0 saturated carbocycles. The third-order valence-electron chi connectivity index (χ3n) is 4.52. The van der Waals surface area contributed by atoms with Crippen LogP contribution in [0.4, 0.5) is 16.2 Å². The predicted molar refractivity (Wildman–Crippen MR) is 96.2 cm³/mol. The fourth-order valence-electron chi connectivity index (χ4n) is 3.05. The molecule has 0 N–H and O–H groups in total. The summed E-state index contributed by atoms with van der Waals surface area (Å²) in [5.74, 6) is -1.30. The Labute approximate surface area is 156 Å². The standard InChI is InChI=1S/C18H21N3O6/c1-19-8-9-20(18(19)24)12-4-6-13(7-5-12)21-11-27-10-14(16(22)25-2)15(21)17(23)26-3/h4-7H,8-11H2,1-3H3. The Morgan fingerprint density at radius 3 is 2.07 bits per heavy atom. The monoisotopic (exact) mass is 375 g/mol. The molecule has 0 atom stereocenters. The molecular formula is C18H21N3O6. The summed E-state index contributed by atoms with van der Waals surface area (Å²) in [6.45, 7) is 1.32. The second-order valence-electron chi connectivity index (χ2n) is 6.09. The highest BCUT2D eigenvalue weighted by atomic mass is 16.5. The van der Waals surface area contributed by atoms with E-state index in [0.29, 0.717) is 18.8 Å². The number of rotatable bonds is 4. The molecule has 0 unspecified atom stereocenters. The zero-order chi connectivity index (χ0) is 19.6. The first-order valence-corrected chi connectivity index (χ1v) is 8.35. The van der Waals surface area contributed by atoms with Crippen molar-refractivity contribution in [1.29, 1.82) is 0 Å². The van der Waals surface area contributed by atoms with Gasteiger partial charge >= 0.3 is 18.0 Å². The molecule has 0 aliphatic carbocycles. The van der Waals surface area contributed by atoms with E-state index in [1.807, 2.05) is 0 Å². The zero-order valence-electron chi connectivity index (χ0n) is 15.4. The summed E-state index contributed by atoms with van der Waals surface area (Å²) in [7, 11) is 4.24. The Bertz CT molecular complexity index is 789. The van der Waals surface area contributed by atoms with E-state index in [9.17, 15) is 14.4 Å². The molecule has 27 heavy (non-hydrogen) atoms. The molecule has 1 saturated heterocycles. The molecule has 9 heteroatoms. The lowest BCUT2D eigenvalue weighted by Crippen LogP contribution is -2.38. The molecule has 1 aromatic carbocycles. The van der Waals surface area contributed by atoms with Crippen molar-refractivity contribution in [1.82, 2.24) is 4.90 Å². The van der Waals surface area contributed by atoms with Gasteiger partial charge in [0.15, 0.2) is 0 Å². The molecule has 9 nitrogen and oxygen atoms in total. The van der Waals surface area contributed by atoms with Crippen LogP contribution in [-0.4, -0.2) is 70.6 Å². The summed E-state index contributed by atoms with van der Waals surface area (Å²) in [4.78, 5) is 41.3. The van der Waals surface area contributed by atoms with Crippen molar-refractivity contribution < 1.29 is 28.6 Å². The highest BCUT2D eigenvalue weighted by Gasteiger charge is 2.33. The SMILES string of the molecule is COC(=O)C1=C(C(=O)OC)N(c2ccc(N3CCN(C)C3=O)cc2)COC1. The normalized spacial score (nSPS) is 17.4. The highest BCUT2D eigenvalue weighted by molar-refractivity contribution is 6.03. The van der Waals surface area contributed by atoms with Crippen LogP contribution in [0.5, 0.6) is 0 Å². The first kappa shape index (κ1) is 18.7. The molecule has 2 aliphatic rings. The summed E-state index contributed by atoms with van der Waals surface area (Å²) in [5, 5.41) is 0. The van der Waals surface area contributed by atoms with Gasteiger partial charge < -0.3 is 24.0 Å². The highest BCUT2D eigenvalue weighted by Crippen LogP contribution is 2.29. The number of carbonyl (C=O) groups excluding carboxylic acids is 3. The number of urea groups is 1. The quantitative estimate of drug-likeness (QED) is 0.724. The van der Waals surface area contributed by atoms with Crippen molar-refractivity contribution in [2.45, 2.75) is 0 Å².